The van der Waals surface area contributed by atoms with E-state index in [4.69, 9.17) is 5.11 Å². The van der Waals surface area contributed by atoms with Crippen molar-refractivity contribution in [2.75, 3.05) is 18.5 Å². The Kier molecular flexibility index (Phi) is 5.87. The third-order valence-electron chi connectivity index (χ3n) is 3.15. The minimum atomic E-state index is -0.505. The number of nitrogens with zero attached hydrogens (tertiary/aromatic N) is 1. The van der Waals surface area contributed by atoms with E-state index in [1.165, 1.54) is 22.8 Å². The van der Waals surface area contributed by atoms with Crippen LogP contribution in [0.5, 0.6) is 0 Å². The lowest BCUT2D eigenvalue weighted by atomic mass is 10.2. The summed E-state index contributed by atoms with van der Waals surface area (Å²) in [6.07, 6.45) is 2.04. The number of halogens is 1. The van der Waals surface area contributed by atoms with Gasteiger partial charge in [0.25, 0.3) is 5.56 Å². The van der Waals surface area contributed by atoms with Crippen LogP contribution in [0.4, 0.5) is 14.9 Å². The highest BCUT2D eigenvalue weighted by molar-refractivity contribution is 5.88. The van der Waals surface area contributed by atoms with Gasteiger partial charge >= 0.3 is 6.03 Å². The van der Waals surface area contributed by atoms with Gasteiger partial charge in [-0.1, -0.05) is 12.1 Å². The Hall–Kier alpha value is -2.67. The fraction of sp³-hybridized carbons (Fsp3) is 0.250. The van der Waals surface area contributed by atoms with Gasteiger partial charge in [-0.15, -0.1) is 0 Å². The number of anilines is 1. The molecule has 0 saturated carbocycles. The Morgan fingerprint density at radius 1 is 1.22 bits per heavy atom. The van der Waals surface area contributed by atoms with Crippen LogP contribution in [0.3, 0.4) is 0 Å². The van der Waals surface area contributed by atoms with E-state index in [0.717, 1.165) is 5.56 Å². The van der Waals surface area contributed by atoms with E-state index in [-0.39, 0.29) is 30.2 Å². The zero-order valence-electron chi connectivity index (χ0n) is 12.5. The van der Waals surface area contributed by atoms with Crippen LogP contribution in [0.25, 0.3) is 0 Å². The van der Waals surface area contributed by atoms with Crippen molar-refractivity contribution in [2.24, 2.45) is 0 Å². The van der Waals surface area contributed by atoms with Crippen molar-refractivity contribution in [1.29, 1.82) is 0 Å². The van der Waals surface area contributed by atoms with E-state index in [0.29, 0.717) is 13.0 Å². The number of rotatable bonds is 6. The van der Waals surface area contributed by atoms with Crippen LogP contribution in [-0.2, 0) is 6.54 Å². The lowest BCUT2D eigenvalue weighted by molar-refractivity contribution is 0.249. The predicted octanol–water partition coefficient (Wildman–Crippen LogP) is 1.54. The first-order valence-corrected chi connectivity index (χ1v) is 7.20. The Labute approximate surface area is 132 Å². The summed E-state index contributed by atoms with van der Waals surface area (Å²) < 4.78 is 14.3. The van der Waals surface area contributed by atoms with Crippen LogP contribution in [0, 0.1) is 5.82 Å². The van der Waals surface area contributed by atoms with E-state index < -0.39 is 6.03 Å². The first kappa shape index (κ1) is 16.7. The standard InChI is InChI=1S/C16H18FN3O3/c17-13-6-4-12(5-7-13)11-20-9-1-3-14(15(20)22)19-16(23)18-8-2-10-21/h1,3-7,9,21H,2,8,10-11H2,(H2,18,19,23). The molecule has 0 saturated heterocycles. The van der Waals surface area contributed by atoms with Gasteiger partial charge in [0.2, 0.25) is 0 Å². The quantitative estimate of drug-likeness (QED) is 0.706. The monoisotopic (exact) mass is 319 g/mol. The van der Waals surface area contributed by atoms with Crippen molar-refractivity contribution in [2.45, 2.75) is 13.0 Å². The van der Waals surface area contributed by atoms with Crippen molar-refractivity contribution in [3.8, 4) is 0 Å². The van der Waals surface area contributed by atoms with Gasteiger partial charge in [0.05, 0.1) is 6.54 Å². The summed E-state index contributed by atoms with van der Waals surface area (Å²) >= 11 is 0. The number of pyridine rings is 1. The Morgan fingerprint density at radius 2 is 1.96 bits per heavy atom. The van der Waals surface area contributed by atoms with Gasteiger partial charge < -0.3 is 20.3 Å². The van der Waals surface area contributed by atoms with E-state index in [1.807, 2.05) is 0 Å². The molecular weight excluding hydrogens is 301 g/mol. The maximum Gasteiger partial charge on any atom is 0.319 e. The van der Waals surface area contributed by atoms with Crippen molar-refractivity contribution in [3.05, 3.63) is 64.3 Å². The molecule has 0 fully saturated rings. The summed E-state index contributed by atoms with van der Waals surface area (Å²) in [5.41, 5.74) is 0.572. The molecule has 7 heteroatoms. The second kappa shape index (κ2) is 8.09. The van der Waals surface area contributed by atoms with Gasteiger partial charge in [-0.2, -0.15) is 0 Å². The molecule has 2 rings (SSSR count). The Morgan fingerprint density at radius 3 is 2.65 bits per heavy atom. The average molecular weight is 319 g/mol. The minimum absolute atomic E-state index is 0.0178. The number of carbonyl (C=O) groups is 1. The highest BCUT2D eigenvalue weighted by Gasteiger charge is 2.07. The van der Waals surface area contributed by atoms with Crippen LogP contribution >= 0.6 is 0 Å². The van der Waals surface area contributed by atoms with Crippen LogP contribution in [0.1, 0.15) is 12.0 Å². The summed E-state index contributed by atoms with van der Waals surface area (Å²) in [4.78, 5) is 24.0. The number of aliphatic hydroxyl groups is 1. The largest absolute Gasteiger partial charge is 0.396 e. The molecule has 1 aromatic heterocycles. The average Bonchev–Trinajstić information content (AvgIpc) is 2.53. The molecule has 2 amide bonds. The van der Waals surface area contributed by atoms with E-state index in [9.17, 15) is 14.0 Å². The maximum atomic E-state index is 12.9. The minimum Gasteiger partial charge on any atom is -0.396 e. The second-order valence-electron chi connectivity index (χ2n) is 4.94. The van der Waals surface area contributed by atoms with E-state index >= 15 is 0 Å². The molecule has 6 nitrogen and oxygen atoms in total. The highest BCUT2D eigenvalue weighted by Crippen LogP contribution is 2.05. The predicted molar refractivity (Wildman–Crippen MR) is 84.9 cm³/mol. The molecule has 0 aliphatic rings. The number of hydrogen-bond acceptors (Lipinski definition) is 3. The molecule has 122 valence electrons. The summed E-state index contributed by atoms with van der Waals surface area (Å²) in [6, 6.07) is 8.51. The molecule has 3 N–H and O–H groups in total. The molecule has 0 aliphatic carbocycles. The van der Waals surface area contributed by atoms with Crippen LogP contribution in [0.2, 0.25) is 0 Å². The van der Waals surface area contributed by atoms with E-state index in [1.54, 1.807) is 24.4 Å². The highest BCUT2D eigenvalue weighted by atomic mass is 19.1. The second-order valence-corrected chi connectivity index (χ2v) is 4.94. The Balaban J connectivity index is 2.07. The molecule has 0 spiro atoms. The summed E-state index contributed by atoms with van der Waals surface area (Å²) in [5, 5.41) is 13.7. The smallest absolute Gasteiger partial charge is 0.319 e. The molecule has 1 aromatic carbocycles. The first-order chi connectivity index (χ1) is 11.1. The molecule has 23 heavy (non-hydrogen) atoms. The summed E-state index contributed by atoms with van der Waals surface area (Å²) in [7, 11) is 0. The van der Waals surface area contributed by atoms with Crippen LogP contribution in [0.15, 0.2) is 47.4 Å². The fourth-order valence-electron chi connectivity index (χ4n) is 1.99. The molecular formula is C16H18FN3O3. The SMILES string of the molecule is O=C(NCCCO)Nc1cccn(Cc2ccc(F)cc2)c1=O. The summed E-state index contributed by atoms with van der Waals surface area (Å²) in [6.45, 7) is 0.579. The number of urea groups is 1. The third-order valence-corrected chi connectivity index (χ3v) is 3.15. The van der Waals surface area contributed by atoms with Gasteiger partial charge in [0, 0.05) is 19.3 Å². The number of aliphatic hydroxyl groups excluding tert-OH is 1. The lowest BCUT2D eigenvalue weighted by Crippen LogP contribution is -2.33. The first-order valence-electron chi connectivity index (χ1n) is 7.20. The molecule has 0 bridgehead atoms. The van der Waals surface area contributed by atoms with Gasteiger partial charge in [-0.05, 0) is 36.2 Å². The molecule has 0 unspecified atom stereocenters. The molecule has 0 radical (unpaired) electrons. The zero-order chi connectivity index (χ0) is 16.7. The maximum absolute atomic E-state index is 12.9. The number of aromatic nitrogens is 1. The molecule has 0 atom stereocenters. The van der Waals surface area contributed by atoms with Gasteiger partial charge in [0.15, 0.2) is 0 Å². The van der Waals surface area contributed by atoms with Crippen LogP contribution < -0.4 is 16.2 Å². The zero-order valence-corrected chi connectivity index (χ0v) is 12.5. The number of amides is 2. The van der Waals surface area contributed by atoms with Gasteiger partial charge in [-0.3, -0.25) is 4.79 Å². The van der Waals surface area contributed by atoms with E-state index in [2.05, 4.69) is 10.6 Å². The number of benzene rings is 1. The molecule has 1 heterocycles. The van der Waals surface area contributed by atoms with Crippen molar-refractivity contribution in [1.82, 2.24) is 9.88 Å². The fourth-order valence-corrected chi connectivity index (χ4v) is 1.99. The molecule has 2 aromatic rings. The number of hydrogen-bond donors (Lipinski definition) is 3. The van der Waals surface area contributed by atoms with Crippen molar-refractivity contribution >= 4 is 11.7 Å². The van der Waals surface area contributed by atoms with Crippen molar-refractivity contribution < 1.29 is 14.3 Å². The normalized spacial score (nSPS) is 10.3. The van der Waals surface area contributed by atoms with Gasteiger partial charge in [0.1, 0.15) is 11.5 Å². The summed E-state index contributed by atoms with van der Waals surface area (Å²) in [5.74, 6) is -0.337. The lowest BCUT2D eigenvalue weighted by Gasteiger charge is -2.10. The number of carbonyl (C=O) groups excluding carboxylic acids is 1. The number of nitrogens with one attached hydrogen (secondary N) is 2. The topological polar surface area (TPSA) is 83.4 Å². The van der Waals surface area contributed by atoms with Crippen molar-refractivity contribution in [3.63, 3.8) is 0 Å². The van der Waals surface area contributed by atoms with Gasteiger partial charge in [-0.25, -0.2) is 9.18 Å². The Bertz CT molecular complexity index is 713. The van der Waals surface area contributed by atoms with Crippen LogP contribution in [-0.4, -0.2) is 28.9 Å². The third kappa shape index (κ3) is 4.93. The molecule has 0 aliphatic heterocycles.